The van der Waals surface area contributed by atoms with Gasteiger partial charge in [-0.1, -0.05) is 13.5 Å². The summed E-state index contributed by atoms with van der Waals surface area (Å²) in [6.07, 6.45) is 3.17. The van der Waals surface area contributed by atoms with Gasteiger partial charge in [0.1, 0.15) is 5.82 Å². The number of hydrogen-bond acceptors (Lipinski definition) is 5. The molecule has 0 aliphatic carbocycles. The zero-order chi connectivity index (χ0) is 22.8. The molecule has 2 heterocycles. The topological polar surface area (TPSA) is 90.3 Å². The van der Waals surface area contributed by atoms with Gasteiger partial charge >= 0.3 is 0 Å². The van der Waals surface area contributed by atoms with E-state index in [1.54, 1.807) is 13.1 Å². The van der Waals surface area contributed by atoms with E-state index in [-0.39, 0.29) is 22.9 Å². The highest BCUT2D eigenvalue weighted by Gasteiger charge is 2.17. The Bertz CT molecular complexity index is 1320. The first-order valence-corrected chi connectivity index (χ1v) is 10.7. The minimum absolute atomic E-state index is 0.0623. The van der Waals surface area contributed by atoms with Crippen molar-refractivity contribution in [2.45, 2.75) is 13.3 Å². The van der Waals surface area contributed by atoms with Gasteiger partial charge in [-0.3, -0.25) is 9.52 Å². The van der Waals surface area contributed by atoms with Crippen molar-refractivity contribution in [3.63, 3.8) is 0 Å². The van der Waals surface area contributed by atoms with Gasteiger partial charge in [0.15, 0.2) is 11.6 Å². The smallest absolute Gasteiger partial charge is 0.254 e. The van der Waals surface area contributed by atoms with Crippen LogP contribution in [0.2, 0.25) is 0 Å². The largest absolute Gasteiger partial charge is 0.435 e. The molecule has 162 valence electrons. The number of anilines is 1. The summed E-state index contributed by atoms with van der Waals surface area (Å²) in [7, 11) is -2.23. The van der Waals surface area contributed by atoms with Gasteiger partial charge in [-0.2, -0.15) is 0 Å². The Kier molecular flexibility index (Phi) is 6.21. The molecule has 0 atom stereocenters. The Morgan fingerprint density at radius 1 is 1.26 bits per heavy atom. The van der Waals surface area contributed by atoms with Crippen molar-refractivity contribution in [1.82, 2.24) is 9.55 Å². The monoisotopic (exact) mass is 447 g/mol. The molecule has 0 spiro atoms. The molecule has 0 unspecified atom stereocenters. The molecule has 0 radical (unpaired) electrons. The highest BCUT2D eigenvalue weighted by atomic mass is 32.2. The number of rotatable bonds is 7. The van der Waals surface area contributed by atoms with E-state index in [0.29, 0.717) is 29.2 Å². The summed E-state index contributed by atoms with van der Waals surface area (Å²) in [5.74, 6) is -2.03. The predicted octanol–water partition coefficient (Wildman–Crippen LogP) is 3.97. The molecule has 3 aromatic rings. The maximum atomic E-state index is 14.1. The Morgan fingerprint density at radius 3 is 2.65 bits per heavy atom. The summed E-state index contributed by atoms with van der Waals surface area (Å²) in [5.41, 5.74) is 1.21. The van der Waals surface area contributed by atoms with Crippen LogP contribution in [0.1, 0.15) is 12.5 Å². The molecule has 0 amide bonds. The number of nitrogens with one attached hydrogen (secondary N) is 1. The van der Waals surface area contributed by atoms with Crippen molar-refractivity contribution in [3.05, 3.63) is 82.3 Å². The van der Waals surface area contributed by atoms with E-state index in [2.05, 4.69) is 16.3 Å². The van der Waals surface area contributed by atoms with Crippen LogP contribution < -0.4 is 15.0 Å². The lowest BCUT2D eigenvalue weighted by atomic mass is 10.1. The van der Waals surface area contributed by atoms with Gasteiger partial charge < -0.3 is 9.30 Å². The molecule has 2 aromatic heterocycles. The number of benzene rings is 1. The standard InChI is InChI=1S/C21H19F2N3O4S/c1-4-13-8-14(12-26(3)21(13)27)17-10-16(25-31(28,29)5-2)11-24-20(17)30-19-7-6-15(22)9-18(19)23/h5-12,25H,2,4H2,1,3H3. The molecule has 7 nitrogen and oxygen atoms in total. The van der Waals surface area contributed by atoms with Gasteiger partial charge in [-0.05, 0) is 30.7 Å². The Balaban J connectivity index is 2.18. The van der Waals surface area contributed by atoms with Crippen molar-refractivity contribution in [1.29, 1.82) is 0 Å². The van der Waals surface area contributed by atoms with E-state index in [9.17, 15) is 22.0 Å². The molecule has 1 N–H and O–H groups in total. The predicted molar refractivity (Wildman–Crippen MR) is 113 cm³/mol. The summed E-state index contributed by atoms with van der Waals surface area (Å²) in [4.78, 5) is 16.4. The Morgan fingerprint density at radius 2 is 2.00 bits per heavy atom. The van der Waals surface area contributed by atoms with Gasteiger partial charge in [0.25, 0.3) is 15.6 Å². The van der Waals surface area contributed by atoms with E-state index in [1.165, 1.54) is 23.0 Å². The van der Waals surface area contributed by atoms with Crippen LogP contribution in [0.3, 0.4) is 0 Å². The molecule has 31 heavy (non-hydrogen) atoms. The maximum absolute atomic E-state index is 14.1. The van der Waals surface area contributed by atoms with Crippen molar-refractivity contribution < 1.29 is 21.9 Å². The normalized spacial score (nSPS) is 11.2. The molecular formula is C21H19F2N3O4S. The summed E-state index contributed by atoms with van der Waals surface area (Å²) in [5, 5.41) is 0.742. The molecule has 0 saturated carbocycles. The third-order valence-electron chi connectivity index (χ3n) is 4.38. The first kappa shape index (κ1) is 22.2. The summed E-state index contributed by atoms with van der Waals surface area (Å²) >= 11 is 0. The molecule has 0 saturated heterocycles. The van der Waals surface area contributed by atoms with Crippen LogP contribution in [0, 0.1) is 11.6 Å². The first-order chi connectivity index (χ1) is 14.6. The number of hydrogen-bond donors (Lipinski definition) is 1. The second-order valence-electron chi connectivity index (χ2n) is 6.59. The number of sulfonamides is 1. The molecule has 3 rings (SSSR count). The number of nitrogens with zero attached hydrogens (tertiary/aromatic N) is 2. The number of ether oxygens (including phenoxy) is 1. The van der Waals surface area contributed by atoms with E-state index < -0.39 is 21.7 Å². The van der Waals surface area contributed by atoms with Crippen LogP contribution in [0.5, 0.6) is 11.6 Å². The fraction of sp³-hybridized carbons (Fsp3) is 0.143. The van der Waals surface area contributed by atoms with Crippen LogP contribution in [0.25, 0.3) is 11.1 Å². The lowest BCUT2D eigenvalue weighted by Gasteiger charge is -2.14. The fourth-order valence-electron chi connectivity index (χ4n) is 2.85. The number of pyridine rings is 2. The van der Waals surface area contributed by atoms with Crippen LogP contribution in [-0.2, 0) is 23.5 Å². The number of aryl methyl sites for hydroxylation is 2. The van der Waals surface area contributed by atoms with Gasteiger partial charge in [0, 0.05) is 41.4 Å². The van der Waals surface area contributed by atoms with E-state index in [0.717, 1.165) is 17.5 Å². The molecular weight excluding hydrogens is 428 g/mol. The molecule has 10 heteroatoms. The fourth-order valence-corrected chi connectivity index (χ4v) is 3.37. The summed E-state index contributed by atoms with van der Waals surface area (Å²) in [6.45, 7) is 5.06. The van der Waals surface area contributed by atoms with E-state index in [4.69, 9.17) is 4.74 Å². The third kappa shape index (κ3) is 4.97. The maximum Gasteiger partial charge on any atom is 0.254 e. The zero-order valence-electron chi connectivity index (χ0n) is 16.7. The average Bonchev–Trinajstić information content (AvgIpc) is 2.72. The van der Waals surface area contributed by atoms with Gasteiger partial charge in [0.05, 0.1) is 11.9 Å². The number of halogens is 2. The molecule has 0 aliphatic heterocycles. The van der Waals surface area contributed by atoms with E-state index in [1.807, 2.05) is 6.92 Å². The first-order valence-electron chi connectivity index (χ1n) is 9.11. The third-order valence-corrected chi connectivity index (χ3v) is 5.34. The SMILES string of the molecule is C=CS(=O)(=O)Nc1cnc(Oc2ccc(F)cc2F)c(-c2cc(CC)c(=O)n(C)c2)c1. The Labute approximate surface area is 177 Å². The highest BCUT2D eigenvalue weighted by Crippen LogP contribution is 2.34. The van der Waals surface area contributed by atoms with E-state index >= 15 is 0 Å². The quantitative estimate of drug-likeness (QED) is 0.592. The van der Waals surface area contributed by atoms with Crippen molar-refractivity contribution in [2.24, 2.45) is 7.05 Å². The summed E-state index contributed by atoms with van der Waals surface area (Å²) in [6, 6.07) is 5.88. The van der Waals surface area contributed by atoms with Crippen molar-refractivity contribution >= 4 is 15.7 Å². The molecule has 0 bridgehead atoms. The van der Waals surface area contributed by atoms with Gasteiger partial charge in [0.2, 0.25) is 5.88 Å². The van der Waals surface area contributed by atoms with Crippen LogP contribution in [-0.4, -0.2) is 18.0 Å². The van der Waals surface area contributed by atoms with Crippen LogP contribution in [0.4, 0.5) is 14.5 Å². The van der Waals surface area contributed by atoms with Crippen LogP contribution in [0.15, 0.2) is 59.5 Å². The lowest BCUT2D eigenvalue weighted by Crippen LogP contribution is -2.20. The lowest BCUT2D eigenvalue weighted by molar-refractivity contribution is 0.425. The molecule has 1 aromatic carbocycles. The minimum Gasteiger partial charge on any atom is -0.435 e. The zero-order valence-corrected chi connectivity index (χ0v) is 17.5. The minimum atomic E-state index is -3.81. The second kappa shape index (κ2) is 8.68. The molecule has 0 aliphatic rings. The Hall–Kier alpha value is -3.53. The van der Waals surface area contributed by atoms with Crippen LogP contribution >= 0.6 is 0 Å². The molecule has 0 fully saturated rings. The van der Waals surface area contributed by atoms with Crippen molar-refractivity contribution in [2.75, 3.05) is 4.72 Å². The number of aromatic nitrogens is 2. The van der Waals surface area contributed by atoms with Gasteiger partial charge in [-0.25, -0.2) is 22.2 Å². The second-order valence-corrected chi connectivity index (χ2v) is 8.22. The van der Waals surface area contributed by atoms with Gasteiger partial charge in [-0.15, -0.1) is 0 Å². The highest BCUT2D eigenvalue weighted by molar-refractivity contribution is 7.95. The average molecular weight is 447 g/mol. The summed E-state index contributed by atoms with van der Waals surface area (Å²) < 4.78 is 60.3. The van der Waals surface area contributed by atoms with Crippen molar-refractivity contribution in [3.8, 4) is 22.8 Å².